The number of hydrogen-bond acceptors (Lipinski definition) is 1. The Morgan fingerprint density at radius 1 is 1.05 bits per heavy atom. The van der Waals surface area contributed by atoms with Crippen molar-refractivity contribution in [1.29, 1.82) is 0 Å². The zero-order valence-corrected chi connectivity index (χ0v) is 14.1. The lowest BCUT2D eigenvalue weighted by Crippen LogP contribution is -2.43. The summed E-state index contributed by atoms with van der Waals surface area (Å²) < 4.78 is 0. The van der Waals surface area contributed by atoms with Crippen LogP contribution in [0.5, 0.6) is 0 Å². The first-order valence-corrected chi connectivity index (χ1v) is 7.97. The van der Waals surface area contributed by atoms with E-state index in [0.717, 1.165) is 6.54 Å². The van der Waals surface area contributed by atoms with Crippen molar-refractivity contribution in [2.45, 2.75) is 73.4 Å². The summed E-state index contributed by atoms with van der Waals surface area (Å²) in [5, 5.41) is 3.82. The van der Waals surface area contributed by atoms with Gasteiger partial charge >= 0.3 is 0 Å². The van der Waals surface area contributed by atoms with Gasteiger partial charge in [-0.05, 0) is 60.6 Å². The molecule has 1 aromatic carbocycles. The number of nitrogens with one attached hydrogen (secondary N) is 1. The predicted octanol–water partition coefficient (Wildman–Crippen LogP) is 5.00. The second-order valence-electron chi connectivity index (χ2n) is 8.35. The van der Waals surface area contributed by atoms with Gasteiger partial charge in [0.15, 0.2) is 0 Å². The van der Waals surface area contributed by atoms with Crippen molar-refractivity contribution >= 4 is 0 Å². The van der Waals surface area contributed by atoms with Crippen LogP contribution in [0, 0.1) is 24.7 Å². The van der Waals surface area contributed by atoms with E-state index in [1.807, 2.05) is 0 Å². The molecule has 2 rings (SSSR count). The highest BCUT2D eigenvalue weighted by Crippen LogP contribution is 2.45. The monoisotopic (exact) mass is 273 g/mol. The van der Waals surface area contributed by atoms with E-state index < -0.39 is 0 Å². The molecule has 0 heterocycles. The van der Waals surface area contributed by atoms with Gasteiger partial charge in [0.25, 0.3) is 0 Å². The van der Waals surface area contributed by atoms with Gasteiger partial charge in [-0.15, -0.1) is 0 Å². The molecule has 0 amide bonds. The molecule has 0 atom stereocenters. The molecular weight excluding hydrogens is 242 g/mol. The molecule has 0 saturated heterocycles. The third-order valence-electron chi connectivity index (χ3n) is 4.85. The average Bonchev–Trinajstić information content (AvgIpc) is 2.27. The summed E-state index contributed by atoms with van der Waals surface area (Å²) in [7, 11) is 0. The molecule has 1 heteroatoms. The van der Waals surface area contributed by atoms with Crippen molar-refractivity contribution in [3.8, 4) is 0 Å². The fourth-order valence-electron chi connectivity index (χ4n) is 4.25. The number of benzene rings is 1. The van der Waals surface area contributed by atoms with E-state index in [1.54, 1.807) is 0 Å². The zero-order valence-electron chi connectivity index (χ0n) is 14.1. The Morgan fingerprint density at radius 3 is 2.25 bits per heavy atom. The maximum absolute atomic E-state index is 3.82. The van der Waals surface area contributed by atoms with Crippen LogP contribution in [0.15, 0.2) is 18.2 Å². The van der Waals surface area contributed by atoms with E-state index in [-0.39, 0.29) is 0 Å². The molecule has 1 nitrogen and oxygen atoms in total. The van der Waals surface area contributed by atoms with E-state index in [2.05, 4.69) is 65.1 Å². The van der Waals surface area contributed by atoms with Crippen LogP contribution in [0.25, 0.3) is 0 Å². The van der Waals surface area contributed by atoms with Crippen LogP contribution in [0.4, 0.5) is 0 Å². The topological polar surface area (TPSA) is 12.0 Å². The van der Waals surface area contributed by atoms with Gasteiger partial charge in [-0.3, -0.25) is 0 Å². The van der Waals surface area contributed by atoms with Crippen molar-refractivity contribution in [2.24, 2.45) is 10.8 Å². The van der Waals surface area contributed by atoms with Gasteiger partial charge in [0.1, 0.15) is 0 Å². The number of rotatable bonds is 3. The number of aryl methyl sites for hydroxylation is 1. The summed E-state index contributed by atoms with van der Waals surface area (Å²) in [5.74, 6) is 0. The Kier molecular flexibility index (Phi) is 4.30. The highest BCUT2D eigenvalue weighted by atomic mass is 14.9. The van der Waals surface area contributed by atoms with Gasteiger partial charge in [-0.25, -0.2) is 0 Å². The minimum absolute atomic E-state index is 0.459. The smallest absolute Gasteiger partial charge is 0.0210 e. The normalized spacial score (nSPS) is 21.9. The van der Waals surface area contributed by atoms with Crippen molar-refractivity contribution in [2.75, 3.05) is 0 Å². The summed E-state index contributed by atoms with van der Waals surface area (Å²) in [4.78, 5) is 0. The van der Waals surface area contributed by atoms with E-state index in [9.17, 15) is 0 Å². The van der Waals surface area contributed by atoms with Crippen LogP contribution in [0.1, 0.15) is 63.6 Å². The van der Waals surface area contributed by atoms with E-state index >= 15 is 0 Å². The van der Waals surface area contributed by atoms with E-state index in [4.69, 9.17) is 0 Å². The van der Waals surface area contributed by atoms with Crippen LogP contribution in [0.3, 0.4) is 0 Å². The second-order valence-corrected chi connectivity index (χ2v) is 8.35. The lowest BCUT2D eigenvalue weighted by molar-refractivity contribution is 0.0844. The minimum atomic E-state index is 0.459. The van der Waals surface area contributed by atoms with Crippen LogP contribution < -0.4 is 5.32 Å². The standard InChI is InChI=1S/C19H31N/c1-14-8-7-9-16(15(14)2)12-20-17-10-18(3,4)13-19(5,6)11-17/h7-9,17,20H,10-13H2,1-6H3. The third-order valence-corrected chi connectivity index (χ3v) is 4.85. The quantitative estimate of drug-likeness (QED) is 0.817. The van der Waals surface area contributed by atoms with Crippen molar-refractivity contribution in [3.63, 3.8) is 0 Å². The van der Waals surface area contributed by atoms with Crippen molar-refractivity contribution in [1.82, 2.24) is 5.32 Å². The van der Waals surface area contributed by atoms with Crippen LogP contribution in [-0.2, 0) is 6.54 Å². The average molecular weight is 273 g/mol. The Balaban J connectivity index is 2.02. The van der Waals surface area contributed by atoms with E-state index in [0.29, 0.717) is 16.9 Å². The fourth-order valence-corrected chi connectivity index (χ4v) is 4.25. The largest absolute Gasteiger partial charge is 0.310 e. The molecule has 1 aromatic rings. The van der Waals surface area contributed by atoms with Gasteiger partial charge in [0, 0.05) is 12.6 Å². The molecular formula is C19H31N. The molecule has 0 aliphatic heterocycles. The summed E-state index contributed by atoms with van der Waals surface area (Å²) in [5.41, 5.74) is 5.21. The maximum Gasteiger partial charge on any atom is 0.0210 e. The predicted molar refractivity (Wildman–Crippen MR) is 88.0 cm³/mol. The van der Waals surface area contributed by atoms with Gasteiger partial charge in [-0.2, -0.15) is 0 Å². The van der Waals surface area contributed by atoms with Crippen molar-refractivity contribution in [3.05, 3.63) is 34.9 Å². The lowest BCUT2D eigenvalue weighted by Gasteiger charge is -2.45. The van der Waals surface area contributed by atoms with E-state index in [1.165, 1.54) is 36.0 Å². The molecule has 1 fully saturated rings. The summed E-state index contributed by atoms with van der Waals surface area (Å²) in [6, 6.07) is 7.28. The molecule has 1 N–H and O–H groups in total. The van der Waals surface area contributed by atoms with Gasteiger partial charge < -0.3 is 5.32 Å². The second kappa shape index (κ2) is 5.52. The van der Waals surface area contributed by atoms with Gasteiger partial charge in [0.2, 0.25) is 0 Å². The Hall–Kier alpha value is -0.820. The van der Waals surface area contributed by atoms with Crippen LogP contribution >= 0.6 is 0 Å². The highest BCUT2D eigenvalue weighted by molar-refractivity contribution is 5.33. The molecule has 0 unspecified atom stereocenters. The number of hydrogen-bond donors (Lipinski definition) is 1. The van der Waals surface area contributed by atoms with Gasteiger partial charge in [0.05, 0.1) is 0 Å². The SMILES string of the molecule is Cc1cccc(CNC2CC(C)(C)CC(C)(C)C2)c1C. The lowest BCUT2D eigenvalue weighted by atomic mass is 9.63. The van der Waals surface area contributed by atoms with Crippen molar-refractivity contribution < 1.29 is 0 Å². The molecule has 20 heavy (non-hydrogen) atoms. The first kappa shape index (κ1) is 15.6. The first-order valence-electron chi connectivity index (χ1n) is 7.97. The first-order chi connectivity index (χ1) is 9.19. The zero-order chi connectivity index (χ0) is 15.0. The molecule has 0 bridgehead atoms. The summed E-state index contributed by atoms with van der Waals surface area (Å²) in [6.45, 7) is 15.1. The molecule has 0 spiro atoms. The van der Waals surface area contributed by atoms with Crippen LogP contribution in [0.2, 0.25) is 0 Å². The Bertz CT molecular complexity index is 455. The molecule has 0 aromatic heterocycles. The molecule has 1 saturated carbocycles. The highest BCUT2D eigenvalue weighted by Gasteiger charge is 2.38. The molecule has 0 radical (unpaired) electrons. The molecule has 1 aliphatic carbocycles. The summed E-state index contributed by atoms with van der Waals surface area (Å²) >= 11 is 0. The van der Waals surface area contributed by atoms with Crippen LogP contribution in [-0.4, -0.2) is 6.04 Å². The minimum Gasteiger partial charge on any atom is -0.310 e. The molecule has 1 aliphatic rings. The third kappa shape index (κ3) is 3.85. The molecule has 112 valence electrons. The Morgan fingerprint density at radius 2 is 1.65 bits per heavy atom. The van der Waals surface area contributed by atoms with Gasteiger partial charge in [-0.1, -0.05) is 45.9 Å². The fraction of sp³-hybridized carbons (Fsp3) is 0.684. The maximum atomic E-state index is 3.82. The summed E-state index contributed by atoms with van der Waals surface area (Å²) in [6.07, 6.45) is 3.92. The Labute approximate surface area is 125 Å².